The van der Waals surface area contributed by atoms with Crippen LogP contribution in [0, 0.1) is 28.6 Å². The Morgan fingerprint density at radius 2 is 1.73 bits per heavy atom. The number of Topliss-reactive ketones (excluding diaryl/α,β-unsaturated/α-hetero) is 1. The lowest BCUT2D eigenvalue weighted by Gasteiger charge is -2.58. The molecule has 0 saturated heterocycles. The second-order valence-electron chi connectivity index (χ2n) is 8.70. The van der Waals surface area contributed by atoms with Gasteiger partial charge in [0.2, 0.25) is 0 Å². The Morgan fingerprint density at radius 1 is 1.05 bits per heavy atom. The highest BCUT2D eigenvalue weighted by Gasteiger charge is 2.60. The second-order valence-corrected chi connectivity index (χ2v) is 8.70. The molecule has 0 aliphatic heterocycles. The second kappa shape index (κ2) is 4.67. The van der Waals surface area contributed by atoms with Crippen molar-refractivity contribution in [2.24, 2.45) is 28.6 Å². The maximum Gasteiger partial charge on any atom is 0.139 e. The zero-order chi connectivity index (χ0) is 15.7. The summed E-state index contributed by atoms with van der Waals surface area (Å²) in [6.07, 6.45) is 7.65. The van der Waals surface area contributed by atoms with Gasteiger partial charge in [-0.15, -0.1) is 0 Å². The first-order valence-electron chi connectivity index (χ1n) is 8.97. The molecule has 22 heavy (non-hydrogen) atoms. The minimum Gasteiger partial charge on any atom is -0.393 e. The van der Waals surface area contributed by atoms with Crippen molar-refractivity contribution in [3.05, 3.63) is 11.6 Å². The van der Waals surface area contributed by atoms with Gasteiger partial charge >= 0.3 is 0 Å². The number of fused-ring (bicyclic) bond motifs is 5. The molecular formula is C19H28O3. The van der Waals surface area contributed by atoms with Crippen molar-refractivity contribution in [3.8, 4) is 0 Å². The summed E-state index contributed by atoms with van der Waals surface area (Å²) in [5.41, 5.74) is 1.20. The lowest BCUT2D eigenvalue weighted by molar-refractivity contribution is -0.135. The van der Waals surface area contributed by atoms with Crippen LogP contribution in [-0.4, -0.2) is 28.2 Å². The summed E-state index contributed by atoms with van der Waals surface area (Å²) in [5, 5.41) is 20.8. The molecule has 0 aromatic carbocycles. The van der Waals surface area contributed by atoms with Crippen LogP contribution in [0.4, 0.5) is 0 Å². The van der Waals surface area contributed by atoms with Gasteiger partial charge in [0.25, 0.3) is 0 Å². The third kappa shape index (κ3) is 1.78. The fourth-order valence-electron chi connectivity index (χ4n) is 6.40. The Morgan fingerprint density at radius 3 is 2.50 bits per heavy atom. The summed E-state index contributed by atoms with van der Waals surface area (Å²) < 4.78 is 0. The number of carbonyl (C=O) groups excluding carboxylic acids is 1. The van der Waals surface area contributed by atoms with Crippen LogP contribution in [0.15, 0.2) is 11.6 Å². The first-order chi connectivity index (χ1) is 10.4. The summed E-state index contributed by atoms with van der Waals surface area (Å²) in [7, 11) is 0. The van der Waals surface area contributed by atoms with Crippen LogP contribution in [0.25, 0.3) is 0 Å². The quantitative estimate of drug-likeness (QED) is 0.677. The molecule has 4 rings (SSSR count). The Labute approximate surface area is 132 Å². The lowest BCUT2D eigenvalue weighted by atomic mass is 9.47. The molecular weight excluding hydrogens is 276 g/mol. The Kier molecular flexibility index (Phi) is 3.16. The number of hydrogen-bond donors (Lipinski definition) is 2. The van der Waals surface area contributed by atoms with Crippen molar-refractivity contribution in [1.29, 1.82) is 0 Å². The van der Waals surface area contributed by atoms with E-state index in [4.69, 9.17) is 0 Å². The molecule has 0 aromatic heterocycles. The normalized spacial score (nSPS) is 54.3. The maximum atomic E-state index is 12.4. The minimum absolute atomic E-state index is 0.121. The van der Waals surface area contributed by atoms with E-state index in [0.717, 1.165) is 38.5 Å². The number of ketones is 1. The molecule has 3 saturated carbocycles. The smallest absolute Gasteiger partial charge is 0.139 e. The van der Waals surface area contributed by atoms with E-state index in [-0.39, 0.29) is 22.9 Å². The molecule has 2 N–H and O–H groups in total. The maximum absolute atomic E-state index is 12.4. The van der Waals surface area contributed by atoms with Crippen LogP contribution < -0.4 is 0 Å². The standard InChI is InChI=1S/C19H28O3/c1-18-7-5-12(20)9-11(18)10-15(21)17-13-3-4-16(22)19(13,2)8-6-14(17)18/h10,12-15,17,20-21H,3-9H2,1-2H3/t12-,13-,14-,15+,17+,18-,19-/m1/s1. The molecule has 4 aliphatic carbocycles. The number of aliphatic hydroxyl groups excluding tert-OH is 2. The molecule has 3 nitrogen and oxygen atoms in total. The number of carbonyl (C=O) groups is 1. The van der Waals surface area contributed by atoms with Gasteiger partial charge in [0.1, 0.15) is 5.78 Å². The van der Waals surface area contributed by atoms with Gasteiger partial charge in [-0.3, -0.25) is 4.79 Å². The predicted molar refractivity (Wildman–Crippen MR) is 84.1 cm³/mol. The summed E-state index contributed by atoms with van der Waals surface area (Å²) in [6.45, 7) is 4.48. The van der Waals surface area contributed by atoms with Crippen LogP contribution in [-0.2, 0) is 4.79 Å². The average Bonchev–Trinajstić information content (AvgIpc) is 2.77. The van der Waals surface area contributed by atoms with E-state index in [0.29, 0.717) is 24.0 Å². The highest BCUT2D eigenvalue weighted by Crippen LogP contribution is 2.63. The van der Waals surface area contributed by atoms with Crippen molar-refractivity contribution in [3.63, 3.8) is 0 Å². The molecule has 0 unspecified atom stereocenters. The summed E-state index contributed by atoms with van der Waals surface area (Å²) in [4.78, 5) is 12.4. The Hall–Kier alpha value is -0.670. The first-order valence-corrected chi connectivity index (χ1v) is 8.97. The molecule has 0 bridgehead atoms. The van der Waals surface area contributed by atoms with E-state index in [1.54, 1.807) is 0 Å². The Bertz CT molecular complexity index is 539. The fraction of sp³-hybridized carbons (Fsp3) is 0.842. The van der Waals surface area contributed by atoms with Gasteiger partial charge < -0.3 is 10.2 Å². The highest BCUT2D eigenvalue weighted by molar-refractivity contribution is 5.87. The number of rotatable bonds is 0. The molecule has 0 amide bonds. The van der Waals surface area contributed by atoms with Crippen molar-refractivity contribution in [2.75, 3.05) is 0 Å². The van der Waals surface area contributed by atoms with Gasteiger partial charge in [-0.2, -0.15) is 0 Å². The summed E-state index contributed by atoms with van der Waals surface area (Å²) in [6, 6.07) is 0. The summed E-state index contributed by atoms with van der Waals surface area (Å²) in [5.74, 6) is 1.46. The SMILES string of the molecule is C[C@@]12CC[C@@H]3[C@H]([C@H]1CCC2=O)[C@@H](O)C=C1C[C@H](O)CC[C@]13C. The molecule has 7 atom stereocenters. The van der Waals surface area contributed by atoms with Crippen LogP contribution in [0.1, 0.15) is 58.8 Å². The molecule has 122 valence electrons. The monoisotopic (exact) mass is 304 g/mol. The minimum atomic E-state index is -0.436. The zero-order valence-corrected chi connectivity index (χ0v) is 13.7. The number of aliphatic hydroxyl groups is 2. The van der Waals surface area contributed by atoms with Crippen LogP contribution in [0.2, 0.25) is 0 Å². The molecule has 3 fully saturated rings. The van der Waals surface area contributed by atoms with Crippen molar-refractivity contribution in [1.82, 2.24) is 0 Å². The topological polar surface area (TPSA) is 57.5 Å². The van der Waals surface area contributed by atoms with Gasteiger partial charge in [0.15, 0.2) is 0 Å². The zero-order valence-electron chi connectivity index (χ0n) is 13.7. The number of hydrogen-bond acceptors (Lipinski definition) is 3. The third-order valence-corrected chi connectivity index (χ3v) is 7.81. The van der Waals surface area contributed by atoms with E-state index >= 15 is 0 Å². The van der Waals surface area contributed by atoms with Crippen molar-refractivity contribution < 1.29 is 15.0 Å². The van der Waals surface area contributed by atoms with E-state index in [2.05, 4.69) is 13.8 Å². The average molecular weight is 304 g/mol. The van der Waals surface area contributed by atoms with E-state index < -0.39 is 6.10 Å². The van der Waals surface area contributed by atoms with E-state index in [1.807, 2.05) is 6.08 Å². The molecule has 0 aromatic rings. The largest absolute Gasteiger partial charge is 0.393 e. The van der Waals surface area contributed by atoms with Gasteiger partial charge in [-0.05, 0) is 61.7 Å². The molecule has 0 radical (unpaired) electrons. The third-order valence-electron chi connectivity index (χ3n) is 7.81. The molecule has 3 heteroatoms. The fourth-order valence-corrected chi connectivity index (χ4v) is 6.40. The van der Waals surface area contributed by atoms with E-state index in [1.165, 1.54) is 5.57 Å². The van der Waals surface area contributed by atoms with Crippen molar-refractivity contribution in [2.45, 2.75) is 71.0 Å². The lowest BCUT2D eigenvalue weighted by Crippen LogP contribution is -2.54. The van der Waals surface area contributed by atoms with Gasteiger partial charge in [0.05, 0.1) is 12.2 Å². The van der Waals surface area contributed by atoms with Gasteiger partial charge in [0, 0.05) is 11.8 Å². The van der Waals surface area contributed by atoms with Crippen LogP contribution >= 0.6 is 0 Å². The summed E-state index contributed by atoms with van der Waals surface area (Å²) >= 11 is 0. The highest BCUT2D eigenvalue weighted by atomic mass is 16.3. The van der Waals surface area contributed by atoms with Crippen LogP contribution in [0.5, 0.6) is 0 Å². The molecule has 4 aliphatic rings. The van der Waals surface area contributed by atoms with Gasteiger partial charge in [-0.25, -0.2) is 0 Å². The van der Waals surface area contributed by atoms with E-state index in [9.17, 15) is 15.0 Å². The van der Waals surface area contributed by atoms with Crippen LogP contribution in [0.3, 0.4) is 0 Å². The molecule has 0 spiro atoms. The first kappa shape index (κ1) is 14.9. The molecule has 0 heterocycles. The predicted octanol–water partition coefficient (Wildman–Crippen LogP) is 2.85. The van der Waals surface area contributed by atoms with Gasteiger partial charge in [-0.1, -0.05) is 25.5 Å². The Balaban J connectivity index is 1.75. The van der Waals surface area contributed by atoms with Crippen molar-refractivity contribution >= 4 is 5.78 Å².